The number of anilines is 1. The number of rotatable bonds is 4. The van der Waals surface area contributed by atoms with Gasteiger partial charge >= 0.3 is 0 Å². The van der Waals surface area contributed by atoms with E-state index < -0.39 is 0 Å². The molecule has 1 aromatic rings. The number of likely N-dealkylation sites (tertiary alicyclic amines) is 1. The van der Waals surface area contributed by atoms with Crippen molar-refractivity contribution in [2.24, 2.45) is 5.92 Å². The van der Waals surface area contributed by atoms with Gasteiger partial charge in [-0.1, -0.05) is 6.92 Å². The molecule has 0 aliphatic carbocycles. The fourth-order valence-electron chi connectivity index (χ4n) is 2.73. The Kier molecular flexibility index (Phi) is 4.59. The van der Waals surface area contributed by atoms with E-state index in [1.165, 1.54) is 30.8 Å². The van der Waals surface area contributed by atoms with Gasteiger partial charge in [0, 0.05) is 31.0 Å². The van der Waals surface area contributed by atoms with Gasteiger partial charge in [0.15, 0.2) is 0 Å². The van der Waals surface area contributed by atoms with E-state index in [-0.39, 0.29) is 0 Å². The van der Waals surface area contributed by atoms with Crippen LogP contribution in [-0.4, -0.2) is 29.0 Å². The summed E-state index contributed by atoms with van der Waals surface area (Å²) in [6.07, 6.45) is 4.59. The summed E-state index contributed by atoms with van der Waals surface area (Å²) in [4.78, 5) is 7.06. The highest BCUT2D eigenvalue weighted by atomic mass is 15.2. The summed E-state index contributed by atoms with van der Waals surface area (Å²) in [6, 6.07) is 4.88. The molecule has 1 aliphatic rings. The minimum absolute atomic E-state index is 0.670. The van der Waals surface area contributed by atoms with Crippen LogP contribution >= 0.6 is 0 Å². The average molecular weight is 247 g/mol. The second kappa shape index (κ2) is 6.19. The molecule has 1 fully saturated rings. The molecule has 1 aromatic heterocycles. The van der Waals surface area contributed by atoms with Crippen molar-refractivity contribution in [1.29, 1.82) is 0 Å². The van der Waals surface area contributed by atoms with Gasteiger partial charge in [-0.15, -0.1) is 0 Å². The average Bonchev–Trinajstić information content (AvgIpc) is 2.36. The second-order valence-electron chi connectivity index (χ2n) is 5.40. The van der Waals surface area contributed by atoms with Crippen molar-refractivity contribution in [3.63, 3.8) is 0 Å². The van der Waals surface area contributed by atoms with Crippen molar-refractivity contribution in [3.05, 3.63) is 24.0 Å². The number of hydrogen-bond donors (Lipinski definition) is 1. The van der Waals surface area contributed by atoms with Gasteiger partial charge in [-0.25, -0.2) is 0 Å². The van der Waals surface area contributed by atoms with Crippen LogP contribution in [0.4, 0.5) is 5.69 Å². The van der Waals surface area contributed by atoms with Gasteiger partial charge < -0.3 is 5.32 Å². The third-order valence-corrected chi connectivity index (χ3v) is 4.07. The molecule has 3 nitrogen and oxygen atoms in total. The van der Waals surface area contributed by atoms with Crippen LogP contribution in [-0.2, 0) is 6.54 Å². The van der Waals surface area contributed by atoms with Crippen molar-refractivity contribution < 1.29 is 0 Å². The molecular weight excluding hydrogens is 222 g/mol. The molecule has 0 saturated carbocycles. The van der Waals surface area contributed by atoms with E-state index in [1.807, 2.05) is 12.3 Å². The van der Waals surface area contributed by atoms with Crippen LogP contribution < -0.4 is 5.32 Å². The Balaban J connectivity index is 2.01. The summed E-state index contributed by atoms with van der Waals surface area (Å²) in [7, 11) is 0. The van der Waals surface area contributed by atoms with E-state index in [0.29, 0.717) is 6.04 Å². The minimum atomic E-state index is 0.670. The van der Waals surface area contributed by atoms with Gasteiger partial charge in [0.25, 0.3) is 0 Å². The lowest BCUT2D eigenvalue weighted by atomic mass is 9.92. The number of pyridine rings is 1. The number of aromatic nitrogens is 1. The van der Waals surface area contributed by atoms with Crippen LogP contribution in [0.3, 0.4) is 0 Å². The monoisotopic (exact) mass is 247 g/mol. The van der Waals surface area contributed by atoms with E-state index in [4.69, 9.17) is 0 Å². The third kappa shape index (κ3) is 3.22. The molecule has 3 heteroatoms. The molecule has 2 atom stereocenters. The zero-order valence-corrected chi connectivity index (χ0v) is 11.8. The lowest BCUT2D eigenvalue weighted by Gasteiger charge is -2.37. The Hall–Kier alpha value is -1.09. The molecule has 1 aliphatic heterocycles. The first kappa shape index (κ1) is 13.3. The molecule has 2 unspecified atom stereocenters. The maximum Gasteiger partial charge on any atom is 0.0564 e. The van der Waals surface area contributed by atoms with E-state index in [9.17, 15) is 0 Å². The van der Waals surface area contributed by atoms with E-state index in [2.05, 4.69) is 42.0 Å². The first-order valence-corrected chi connectivity index (χ1v) is 7.13. The molecule has 1 N–H and O–H groups in total. The Morgan fingerprint density at radius 2 is 2.28 bits per heavy atom. The summed E-state index contributed by atoms with van der Waals surface area (Å²) in [5, 5.41) is 3.35. The van der Waals surface area contributed by atoms with Crippen molar-refractivity contribution in [1.82, 2.24) is 9.88 Å². The summed E-state index contributed by atoms with van der Waals surface area (Å²) in [6.45, 7) is 9.97. The summed E-state index contributed by atoms with van der Waals surface area (Å²) in [5.41, 5.74) is 2.36. The van der Waals surface area contributed by atoms with Gasteiger partial charge in [-0.3, -0.25) is 9.88 Å². The molecule has 18 heavy (non-hydrogen) atoms. The standard InChI is InChI=1S/C15H25N3/c1-4-16-14-7-8-17-15(10-14)11-18-9-5-6-12(2)13(18)3/h7-8,10,12-13H,4-6,9,11H2,1-3H3,(H,16,17). The van der Waals surface area contributed by atoms with E-state index >= 15 is 0 Å². The normalized spacial score (nSPS) is 25.1. The van der Waals surface area contributed by atoms with Crippen LogP contribution in [0.1, 0.15) is 39.3 Å². The molecule has 0 radical (unpaired) electrons. The maximum atomic E-state index is 4.49. The van der Waals surface area contributed by atoms with Crippen LogP contribution in [0.15, 0.2) is 18.3 Å². The van der Waals surface area contributed by atoms with Gasteiger partial charge in [0.05, 0.1) is 5.69 Å². The largest absolute Gasteiger partial charge is 0.385 e. The van der Waals surface area contributed by atoms with Crippen molar-refractivity contribution >= 4 is 5.69 Å². The molecule has 2 rings (SSSR count). The highest BCUT2D eigenvalue weighted by Gasteiger charge is 2.24. The number of hydrogen-bond acceptors (Lipinski definition) is 3. The molecule has 2 heterocycles. The molecule has 0 aromatic carbocycles. The fourth-order valence-corrected chi connectivity index (χ4v) is 2.73. The summed E-state index contributed by atoms with van der Waals surface area (Å²) >= 11 is 0. The quantitative estimate of drug-likeness (QED) is 0.886. The second-order valence-corrected chi connectivity index (χ2v) is 5.40. The lowest BCUT2D eigenvalue weighted by molar-refractivity contribution is 0.105. The van der Waals surface area contributed by atoms with E-state index in [1.54, 1.807) is 0 Å². The van der Waals surface area contributed by atoms with Crippen LogP contribution in [0, 0.1) is 5.92 Å². The molecule has 0 amide bonds. The number of nitrogens with zero attached hydrogens (tertiary/aromatic N) is 2. The molecular formula is C15H25N3. The van der Waals surface area contributed by atoms with Crippen LogP contribution in [0.2, 0.25) is 0 Å². The third-order valence-electron chi connectivity index (χ3n) is 4.07. The van der Waals surface area contributed by atoms with Crippen molar-refractivity contribution in [2.45, 2.75) is 46.2 Å². The Labute approximate surface area is 111 Å². The highest BCUT2D eigenvalue weighted by molar-refractivity contribution is 5.42. The Bertz CT molecular complexity index is 378. The van der Waals surface area contributed by atoms with Gasteiger partial charge in [0.1, 0.15) is 0 Å². The molecule has 0 bridgehead atoms. The molecule has 0 spiro atoms. The van der Waals surface area contributed by atoms with Crippen molar-refractivity contribution in [3.8, 4) is 0 Å². The van der Waals surface area contributed by atoms with Gasteiger partial charge in [-0.2, -0.15) is 0 Å². The highest BCUT2D eigenvalue weighted by Crippen LogP contribution is 2.24. The lowest BCUT2D eigenvalue weighted by Crippen LogP contribution is -2.41. The predicted molar refractivity (Wildman–Crippen MR) is 76.7 cm³/mol. The van der Waals surface area contributed by atoms with Gasteiger partial charge in [-0.05, 0) is 51.3 Å². The molecule has 1 saturated heterocycles. The Morgan fingerprint density at radius 3 is 3.06 bits per heavy atom. The van der Waals surface area contributed by atoms with Crippen molar-refractivity contribution in [2.75, 3.05) is 18.4 Å². The smallest absolute Gasteiger partial charge is 0.0564 e. The number of piperidine rings is 1. The topological polar surface area (TPSA) is 28.2 Å². The van der Waals surface area contributed by atoms with Crippen LogP contribution in [0.5, 0.6) is 0 Å². The fraction of sp³-hybridized carbons (Fsp3) is 0.667. The maximum absolute atomic E-state index is 4.49. The summed E-state index contributed by atoms with van der Waals surface area (Å²) < 4.78 is 0. The van der Waals surface area contributed by atoms with E-state index in [0.717, 1.165) is 19.0 Å². The molecule has 100 valence electrons. The first-order valence-electron chi connectivity index (χ1n) is 7.13. The SMILES string of the molecule is CCNc1ccnc(CN2CCCC(C)C2C)c1. The minimum Gasteiger partial charge on any atom is -0.385 e. The number of nitrogens with one attached hydrogen (secondary N) is 1. The van der Waals surface area contributed by atoms with Crippen LogP contribution in [0.25, 0.3) is 0 Å². The zero-order valence-electron chi connectivity index (χ0n) is 11.8. The Morgan fingerprint density at radius 1 is 1.44 bits per heavy atom. The first-order chi connectivity index (χ1) is 8.70. The summed E-state index contributed by atoms with van der Waals surface area (Å²) in [5.74, 6) is 0.802. The predicted octanol–water partition coefficient (Wildman–Crippen LogP) is 3.13. The zero-order chi connectivity index (χ0) is 13.0. The van der Waals surface area contributed by atoms with Gasteiger partial charge in [0.2, 0.25) is 0 Å².